The van der Waals surface area contributed by atoms with E-state index in [1.165, 1.54) is 45.3 Å². The molecule has 1 rings (SSSR count). The Labute approximate surface area is 177 Å². The van der Waals surface area contributed by atoms with Crippen molar-refractivity contribution in [2.75, 3.05) is 27.3 Å². The third-order valence-corrected chi connectivity index (χ3v) is 5.27. The van der Waals surface area contributed by atoms with Gasteiger partial charge in [-0.3, -0.25) is 14.4 Å². The minimum Gasteiger partial charge on any atom is -0.497 e. The van der Waals surface area contributed by atoms with Crippen LogP contribution in [0.4, 0.5) is 0 Å². The van der Waals surface area contributed by atoms with Crippen LogP contribution in [0.25, 0.3) is 0 Å². The normalized spacial score (nSPS) is 12.6. The van der Waals surface area contributed by atoms with E-state index >= 15 is 0 Å². The van der Waals surface area contributed by atoms with Gasteiger partial charge in [0.1, 0.15) is 11.8 Å². The molecule has 1 aromatic rings. The molecular weight excluding hydrogens is 414 g/mol. The second-order valence-electron chi connectivity index (χ2n) is 7.67. The molecule has 0 aliphatic rings. The van der Waals surface area contributed by atoms with Gasteiger partial charge in [-0.2, -0.15) is 4.72 Å². The molecule has 0 radical (unpaired) electrons. The Kier molecular flexibility index (Phi) is 8.79. The van der Waals surface area contributed by atoms with Crippen molar-refractivity contribution in [1.29, 1.82) is 0 Å². The number of amides is 2. The highest BCUT2D eigenvalue weighted by molar-refractivity contribution is 7.89. The van der Waals surface area contributed by atoms with Crippen LogP contribution in [0.3, 0.4) is 0 Å². The number of esters is 1. The van der Waals surface area contributed by atoms with Crippen LogP contribution in [0.15, 0.2) is 29.2 Å². The van der Waals surface area contributed by atoms with E-state index in [2.05, 4.69) is 10.0 Å². The highest BCUT2D eigenvalue weighted by Gasteiger charge is 2.25. The van der Waals surface area contributed by atoms with E-state index in [4.69, 9.17) is 9.47 Å². The Bertz CT molecular complexity index is 861. The van der Waals surface area contributed by atoms with Crippen molar-refractivity contribution in [2.45, 2.75) is 44.2 Å². The maximum atomic E-state index is 12.3. The lowest BCUT2D eigenvalue weighted by Gasteiger charge is -2.23. The van der Waals surface area contributed by atoms with E-state index in [1.807, 2.05) is 20.8 Å². The molecule has 0 bridgehead atoms. The Balaban J connectivity index is 2.57. The third kappa shape index (κ3) is 8.37. The first-order chi connectivity index (χ1) is 13.7. The number of carbonyl (C=O) groups excluding carboxylic acids is 3. The lowest BCUT2D eigenvalue weighted by atomic mass is 10.1. The molecule has 10 nitrogen and oxygen atoms in total. The second-order valence-corrected chi connectivity index (χ2v) is 9.39. The molecule has 2 N–H and O–H groups in total. The van der Waals surface area contributed by atoms with Crippen LogP contribution in [0.5, 0.6) is 5.75 Å². The summed E-state index contributed by atoms with van der Waals surface area (Å²) in [5.41, 5.74) is -0.441. The Morgan fingerprint density at radius 3 is 2.20 bits per heavy atom. The number of benzene rings is 1. The van der Waals surface area contributed by atoms with Gasteiger partial charge in [-0.15, -0.1) is 0 Å². The highest BCUT2D eigenvalue weighted by Crippen LogP contribution is 2.15. The molecule has 0 aliphatic carbocycles. The molecular formula is C19H29N3O7S. The summed E-state index contributed by atoms with van der Waals surface area (Å²) >= 11 is 0. The first-order valence-corrected chi connectivity index (χ1v) is 10.6. The fourth-order valence-corrected chi connectivity index (χ4v) is 3.43. The van der Waals surface area contributed by atoms with Crippen LogP contribution < -0.4 is 14.8 Å². The van der Waals surface area contributed by atoms with Gasteiger partial charge < -0.3 is 19.7 Å². The first-order valence-electron chi connectivity index (χ1n) is 9.13. The van der Waals surface area contributed by atoms with Crippen molar-refractivity contribution >= 4 is 27.8 Å². The number of nitrogens with one attached hydrogen (secondary N) is 2. The smallest absolute Gasteiger partial charge is 0.324 e. The summed E-state index contributed by atoms with van der Waals surface area (Å²) < 4.78 is 36.7. The molecule has 0 spiro atoms. The average molecular weight is 444 g/mol. The number of methoxy groups -OCH3 is 1. The van der Waals surface area contributed by atoms with E-state index in [0.29, 0.717) is 5.75 Å². The predicted molar refractivity (Wildman–Crippen MR) is 109 cm³/mol. The summed E-state index contributed by atoms with van der Waals surface area (Å²) in [6.45, 7) is 5.91. The van der Waals surface area contributed by atoms with E-state index < -0.39 is 40.1 Å². The number of ether oxygens (including phenoxy) is 2. The fourth-order valence-electron chi connectivity index (χ4n) is 2.23. The summed E-state index contributed by atoms with van der Waals surface area (Å²) in [6, 6.07) is 4.39. The van der Waals surface area contributed by atoms with Crippen molar-refractivity contribution in [3.05, 3.63) is 24.3 Å². The zero-order valence-corrected chi connectivity index (χ0v) is 18.8. The van der Waals surface area contributed by atoms with Crippen LogP contribution in [0.2, 0.25) is 0 Å². The maximum absolute atomic E-state index is 12.3. The monoisotopic (exact) mass is 443 g/mol. The number of carbonyl (C=O) groups is 3. The molecule has 11 heteroatoms. The van der Waals surface area contributed by atoms with Gasteiger partial charge >= 0.3 is 5.97 Å². The van der Waals surface area contributed by atoms with E-state index in [0.717, 1.165) is 4.90 Å². The number of hydrogen-bond acceptors (Lipinski definition) is 7. The van der Waals surface area contributed by atoms with Crippen molar-refractivity contribution in [2.24, 2.45) is 0 Å². The molecule has 0 saturated heterocycles. The largest absolute Gasteiger partial charge is 0.497 e. The van der Waals surface area contributed by atoms with Crippen LogP contribution in [0.1, 0.15) is 27.7 Å². The zero-order chi connectivity index (χ0) is 23.1. The summed E-state index contributed by atoms with van der Waals surface area (Å²) in [5.74, 6) is -1.39. The second kappa shape index (κ2) is 10.4. The predicted octanol–water partition coefficient (Wildman–Crippen LogP) is 0.278. The van der Waals surface area contributed by atoms with Crippen LogP contribution >= 0.6 is 0 Å². The van der Waals surface area contributed by atoms with Gasteiger partial charge in [-0.1, -0.05) is 0 Å². The summed E-state index contributed by atoms with van der Waals surface area (Å²) in [7, 11) is -1.12. The summed E-state index contributed by atoms with van der Waals surface area (Å²) in [6.07, 6.45) is 0. The topological polar surface area (TPSA) is 131 Å². The Hall–Kier alpha value is -2.66. The third-order valence-electron chi connectivity index (χ3n) is 3.71. The molecule has 0 fully saturated rings. The lowest BCUT2D eigenvalue weighted by Crippen LogP contribution is -2.47. The van der Waals surface area contributed by atoms with Gasteiger partial charge in [0.05, 0.1) is 18.6 Å². The van der Waals surface area contributed by atoms with Crippen molar-refractivity contribution < 1.29 is 32.3 Å². The van der Waals surface area contributed by atoms with Gasteiger partial charge in [0, 0.05) is 12.6 Å². The van der Waals surface area contributed by atoms with Gasteiger partial charge in [0.15, 0.2) is 6.61 Å². The van der Waals surface area contributed by atoms with E-state index in [-0.39, 0.29) is 17.3 Å². The van der Waals surface area contributed by atoms with Gasteiger partial charge in [0.2, 0.25) is 15.9 Å². The number of rotatable bonds is 9. The molecule has 30 heavy (non-hydrogen) atoms. The molecule has 1 atom stereocenters. The van der Waals surface area contributed by atoms with E-state index in [1.54, 1.807) is 0 Å². The summed E-state index contributed by atoms with van der Waals surface area (Å²) in [4.78, 5) is 37.0. The quantitative estimate of drug-likeness (QED) is 0.524. The number of sulfonamides is 1. The van der Waals surface area contributed by atoms with Crippen LogP contribution in [-0.4, -0.2) is 70.0 Å². The maximum Gasteiger partial charge on any atom is 0.324 e. The van der Waals surface area contributed by atoms with Crippen molar-refractivity contribution in [3.8, 4) is 5.75 Å². The molecule has 0 aliphatic heterocycles. The molecule has 1 aromatic carbocycles. The standard InChI is InChI=1S/C19H29N3O7S/c1-13(21-30(26,27)15-9-7-14(28-6)8-10-15)18(25)29-12-17(24)22(5)11-16(23)20-19(2,3)4/h7-10,13,21H,11-12H2,1-6H3,(H,20,23)/t13-/m0/s1. The molecule has 0 aromatic heterocycles. The zero-order valence-electron chi connectivity index (χ0n) is 18.0. The number of nitrogens with zero attached hydrogens (tertiary/aromatic N) is 1. The average Bonchev–Trinajstić information content (AvgIpc) is 2.63. The van der Waals surface area contributed by atoms with Crippen molar-refractivity contribution in [1.82, 2.24) is 14.9 Å². The Morgan fingerprint density at radius 1 is 1.13 bits per heavy atom. The van der Waals surface area contributed by atoms with Gasteiger partial charge in [-0.25, -0.2) is 8.42 Å². The van der Waals surface area contributed by atoms with E-state index in [9.17, 15) is 22.8 Å². The number of hydrogen-bond donors (Lipinski definition) is 2. The van der Waals surface area contributed by atoms with Crippen LogP contribution in [-0.2, 0) is 29.1 Å². The minimum absolute atomic E-state index is 0.0522. The van der Waals surface area contributed by atoms with Gasteiger partial charge in [0.25, 0.3) is 5.91 Å². The molecule has 168 valence electrons. The lowest BCUT2D eigenvalue weighted by molar-refractivity contribution is -0.153. The molecule has 2 amide bonds. The highest BCUT2D eigenvalue weighted by atomic mass is 32.2. The fraction of sp³-hybridized carbons (Fsp3) is 0.526. The number of likely N-dealkylation sites (N-methyl/N-ethyl adjacent to an activating group) is 1. The van der Waals surface area contributed by atoms with Crippen LogP contribution in [0, 0.1) is 0 Å². The van der Waals surface area contributed by atoms with Gasteiger partial charge in [-0.05, 0) is 52.0 Å². The molecule has 0 saturated carbocycles. The summed E-state index contributed by atoms with van der Waals surface area (Å²) in [5, 5.41) is 2.71. The first kappa shape index (κ1) is 25.4. The molecule has 0 heterocycles. The Morgan fingerprint density at radius 2 is 1.70 bits per heavy atom. The minimum atomic E-state index is -3.97. The molecule has 0 unspecified atom stereocenters. The van der Waals surface area contributed by atoms with Crippen molar-refractivity contribution in [3.63, 3.8) is 0 Å². The SMILES string of the molecule is COc1ccc(S(=O)(=O)N[C@@H](C)C(=O)OCC(=O)N(C)CC(=O)NC(C)(C)C)cc1.